The molecule has 1 saturated carbocycles. The van der Waals surface area contributed by atoms with E-state index in [-0.39, 0.29) is 11.6 Å². The van der Waals surface area contributed by atoms with E-state index >= 15 is 0 Å². The van der Waals surface area contributed by atoms with Crippen LogP contribution in [0.25, 0.3) is 5.13 Å². The van der Waals surface area contributed by atoms with Crippen LogP contribution >= 0.6 is 11.3 Å². The van der Waals surface area contributed by atoms with Crippen LogP contribution in [-0.4, -0.2) is 30.9 Å². The number of amides is 1. The van der Waals surface area contributed by atoms with Gasteiger partial charge in [-0.3, -0.25) is 9.89 Å². The first kappa shape index (κ1) is 16.8. The average molecular weight is 378 g/mol. The zero-order chi connectivity index (χ0) is 18.3. The summed E-state index contributed by atoms with van der Waals surface area (Å²) in [5.41, 5.74) is 1.36. The molecule has 10 heteroatoms. The molecule has 1 aliphatic carbocycles. The standard InChI is InChI=1S/C16H16F2N6OS/c1-8(15(25)21-13-4-11(22-23-13)9-2-3-9)10-5-19-24(6-10)16-20-12(7-26-16)14(17)18/h4-9,14H,2-3H2,1H3,(H2,21,22,23,25)/t8-/m0/s1. The summed E-state index contributed by atoms with van der Waals surface area (Å²) in [6.45, 7) is 1.75. The second kappa shape index (κ2) is 6.60. The third-order valence-electron chi connectivity index (χ3n) is 4.28. The van der Waals surface area contributed by atoms with Gasteiger partial charge in [0.15, 0.2) is 0 Å². The second-order valence-electron chi connectivity index (χ2n) is 6.27. The van der Waals surface area contributed by atoms with Gasteiger partial charge >= 0.3 is 0 Å². The van der Waals surface area contributed by atoms with Gasteiger partial charge < -0.3 is 5.32 Å². The first-order chi connectivity index (χ1) is 12.5. The Morgan fingerprint density at radius 1 is 1.46 bits per heavy atom. The fourth-order valence-electron chi connectivity index (χ4n) is 2.53. The largest absolute Gasteiger partial charge is 0.311 e. The van der Waals surface area contributed by atoms with Gasteiger partial charge in [0.2, 0.25) is 11.0 Å². The summed E-state index contributed by atoms with van der Waals surface area (Å²) >= 11 is 1.07. The average Bonchev–Trinajstić information content (AvgIpc) is 3.06. The summed E-state index contributed by atoms with van der Waals surface area (Å²) < 4.78 is 26.7. The minimum absolute atomic E-state index is 0.206. The zero-order valence-electron chi connectivity index (χ0n) is 13.8. The van der Waals surface area contributed by atoms with Crippen molar-refractivity contribution in [2.45, 2.75) is 38.0 Å². The summed E-state index contributed by atoms with van der Waals surface area (Å²) in [6, 6.07) is 1.85. The molecule has 4 rings (SSSR count). The molecule has 26 heavy (non-hydrogen) atoms. The van der Waals surface area contributed by atoms with Crippen LogP contribution in [0.5, 0.6) is 0 Å². The van der Waals surface area contributed by atoms with E-state index in [2.05, 4.69) is 25.6 Å². The number of nitrogens with zero attached hydrogens (tertiary/aromatic N) is 4. The molecule has 1 aliphatic rings. The summed E-state index contributed by atoms with van der Waals surface area (Å²) in [4.78, 5) is 16.3. The maximum atomic E-state index is 12.7. The van der Waals surface area contributed by atoms with Gasteiger partial charge in [0.05, 0.1) is 17.8 Å². The van der Waals surface area contributed by atoms with Gasteiger partial charge in [0.25, 0.3) is 6.43 Å². The minimum Gasteiger partial charge on any atom is -0.311 e. The molecule has 1 atom stereocenters. The van der Waals surface area contributed by atoms with Gasteiger partial charge in [0, 0.05) is 29.1 Å². The van der Waals surface area contributed by atoms with Gasteiger partial charge in [0.1, 0.15) is 11.5 Å². The van der Waals surface area contributed by atoms with Crippen LogP contribution < -0.4 is 5.32 Å². The lowest BCUT2D eigenvalue weighted by Gasteiger charge is -2.08. The van der Waals surface area contributed by atoms with E-state index in [0.717, 1.165) is 29.9 Å². The predicted octanol–water partition coefficient (Wildman–Crippen LogP) is 3.61. The van der Waals surface area contributed by atoms with Gasteiger partial charge in [-0.2, -0.15) is 10.2 Å². The normalized spacial score (nSPS) is 15.4. The number of aromatic nitrogens is 5. The van der Waals surface area contributed by atoms with E-state index in [4.69, 9.17) is 0 Å². The smallest absolute Gasteiger partial charge is 0.281 e. The van der Waals surface area contributed by atoms with Gasteiger partial charge in [-0.1, -0.05) is 0 Å². The quantitative estimate of drug-likeness (QED) is 0.686. The molecule has 0 aliphatic heterocycles. The van der Waals surface area contributed by atoms with Gasteiger partial charge in [-0.15, -0.1) is 11.3 Å². The predicted molar refractivity (Wildman–Crippen MR) is 91.8 cm³/mol. The van der Waals surface area contributed by atoms with Crippen LogP contribution in [0.15, 0.2) is 23.8 Å². The van der Waals surface area contributed by atoms with Crippen LogP contribution in [0.4, 0.5) is 14.6 Å². The molecule has 3 aromatic rings. The first-order valence-electron chi connectivity index (χ1n) is 8.16. The molecule has 3 heterocycles. The molecule has 1 amide bonds. The molecular formula is C16H16F2N6OS. The van der Waals surface area contributed by atoms with Crippen LogP contribution in [-0.2, 0) is 4.79 Å². The number of carbonyl (C=O) groups is 1. The van der Waals surface area contributed by atoms with Crippen molar-refractivity contribution >= 4 is 23.1 Å². The van der Waals surface area contributed by atoms with Gasteiger partial charge in [-0.25, -0.2) is 18.4 Å². The lowest BCUT2D eigenvalue weighted by molar-refractivity contribution is -0.117. The third-order valence-corrected chi connectivity index (χ3v) is 5.12. The van der Waals surface area contributed by atoms with Crippen molar-refractivity contribution in [3.63, 3.8) is 0 Å². The molecule has 0 spiro atoms. The second-order valence-corrected chi connectivity index (χ2v) is 7.10. The molecular weight excluding hydrogens is 362 g/mol. The van der Waals surface area contributed by atoms with Crippen molar-refractivity contribution < 1.29 is 13.6 Å². The number of thiazole rings is 1. The monoisotopic (exact) mass is 378 g/mol. The highest BCUT2D eigenvalue weighted by atomic mass is 32.1. The van der Waals surface area contributed by atoms with E-state index in [1.54, 1.807) is 13.1 Å². The van der Waals surface area contributed by atoms with E-state index in [9.17, 15) is 13.6 Å². The number of alkyl halides is 2. The molecule has 0 unspecified atom stereocenters. The van der Waals surface area contributed by atoms with Gasteiger partial charge in [-0.05, 0) is 19.8 Å². The Bertz CT molecular complexity index is 929. The molecule has 0 radical (unpaired) electrons. The SMILES string of the molecule is C[C@H](C(=O)Nc1cc(C2CC2)n[nH]1)c1cnn(-c2nc(C(F)F)cs2)c1. The highest BCUT2D eigenvalue weighted by molar-refractivity contribution is 7.12. The van der Waals surface area contributed by atoms with Crippen molar-refractivity contribution in [1.82, 2.24) is 25.0 Å². The molecule has 0 bridgehead atoms. The maximum absolute atomic E-state index is 12.7. The Balaban J connectivity index is 1.44. The highest BCUT2D eigenvalue weighted by Crippen LogP contribution is 2.39. The number of H-pyrrole nitrogens is 1. The minimum atomic E-state index is -2.62. The Hall–Kier alpha value is -2.62. The molecule has 2 N–H and O–H groups in total. The molecule has 3 aromatic heterocycles. The lowest BCUT2D eigenvalue weighted by atomic mass is 10.0. The summed E-state index contributed by atoms with van der Waals surface area (Å²) in [6.07, 6.45) is 2.82. The third kappa shape index (κ3) is 3.36. The van der Waals surface area contributed by atoms with Crippen molar-refractivity contribution in [3.05, 3.63) is 40.8 Å². The Labute approximate surface area is 151 Å². The van der Waals surface area contributed by atoms with E-state index in [1.807, 2.05) is 6.07 Å². The summed E-state index contributed by atoms with van der Waals surface area (Å²) in [5.74, 6) is 0.399. The van der Waals surface area contributed by atoms with Crippen LogP contribution in [0, 0.1) is 0 Å². The van der Waals surface area contributed by atoms with Crippen molar-refractivity contribution in [2.24, 2.45) is 0 Å². The topological polar surface area (TPSA) is 88.5 Å². The number of aromatic amines is 1. The summed E-state index contributed by atoms with van der Waals surface area (Å²) in [5, 5.41) is 15.6. The van der Waals surface area contributed by atoms with Crippen molar-refractivity contribution in [1.29, 1.82) is 0 Å². The highest BCUT2D eigenvalue weighted by Gasteiger charge is 2.27. The molecule has 0 aromatic carbocycles. The number of anilines is 1. The fraction of sp³-hybridized carbons (Fsp3) is 0.375. The number of halogens is 2. The Morgan fingerprint density at radius 2 is 2.27 bits per heavy atom. The number of carbonyl (C=O) groups excluding carboxylic acids is 1. The van der Waals surface area contributed by atoms with E-state index < -0.39 is 12.3 Å². The van der Waals surface area contributed by atoms with Crippen molar-refractivity contribution in [2.75, 3.05) is 5.32 Å². The number of hydrogen-bond acceptors (Lipinski definition) is 5. The van der Waals surface area contributed by atoms with Crippen LogP contribution in [0.2, 0.25) is 0 Å². The first-order valence-corrected chi connectivity index (χ1v) is 9.04. The molecule has 136 valence electrons. The van der Waals surface area contributed by atoms with E-state index in [1.165, 1.54) is 16.3 Å². The summed E-state index contributed by atoms with van der Waals surface area (Å²) in [7, 11) is 0. The van der Waals surface area contributed by atoms with Crippen molar-refractivity contribution in [3.8, 4) is 5.13 Å². The molecule has 7 nitrogen and oxygen atoms in total. The molecule has 0 saturated heterocycles. The van der Waals surface area contributed by atoms with E-state index in [0.29, 0.717) is 22.4 Å². The van der Waals surface area contributed by atoms with Crippen LogP contribution in [0.3, 0.4) is 0 Å². The van der Waals surface area contributed by atoms with Crippen LogP contribution in [0.1, 0.15) is 55.0 Å². The number of hydrogen-bond donors (Lipinski definition) is 2. The molecule has 1 fully saturated rings. The number of rotatable bonds is 6. The zero-order valence-corrected chi connectivity index (χ0v) is 14.6. The number of nitrogens with one attached hydrogen (secondary N) is 2. The Kier molecular flexibility index (Phi) is 4.27. The maximum Gasteiger partial charge on any atom is 0.281 e. The lowest BCUT2D eigenvalue weighted by Crippen LogP contribution is -2.18. The Morgan fingerprint density at radius 3 is 2.96 bits per heavy atom. The fourth-order valence-corrected chi connectivity index (χ4v) is 3.28.